The van der Waals surface area contributed by atoms with Crippen LogP contribution in [-0.2, 0) is 0 Å². The fourth-order valence-corrected chi connectivity index (χ4v) is 1.66. The SMILES string of the molecule is CCOc1cc(NCCCN(C)C(C)C)nc(C)n1. The lowest BCUT2D eigenvalue weighted by Gasteiger charge is -2.20. The number of nitrogens with one attached hydrogen (secondary N) is 1. The average molecular weight is 266 g/mol. The summed E-state index contributed by atoms with van der Waals surface area (Å²) in [6.07, 6.45) is 1.09. The Morgan fingerprint density at radius 1 is 1.37 bits per heavy atom. The van der Waals surface area contributed by atoms with Crippen LogP contribution in [0.4, 0.5) is 5.82 Å². The van der Waals surface area contributed by atoms with E-state index >= 15 is 0 Å². The second kappa shape index (κ2) is 7.94. The molecule has 0 saturated carbocycles. The molecular weight excluding hydrogens is 240 g/mol. The summed E-state index contributed by atoms with van der Waals surface area (Å²) < 4.78 is 5.40. The number of ether oxygens (including phenoxy) is 1. The largest absolute Gasteiger partial charge is 0.478 e. The average Bonchev–Trinajstić information content (AvgIpc) is 2.34. The van der Waals surface area contributed by atoms with E-state index in [2.05, 4.69) is 41.1 Å². The molecule has 0 aromatic carbocycles. The van der Waals surface area contributed by atoms with Gasteiger partial charge >= 0.3 is 0 Å². The minimum atomic E-state index is 0.589. The highest BCUT2D eigenvalue weighted by Crippen LogP contribution is 2.13. The van der Waals surface area contributed by atoms with Crippen LogP contribution in [0.25, 0.3) is 0 Å². The highest BCUT2D eigenvalue weighted by Gasteiger charge is 2.04. The van der Waals surface area contributed by atoms with Gasteiger partial charge in [0.25, 0.3) is 0 Å². The first kappa shape index (κ1) is 15.7. The van der Waals surface area contributed by atoms with Crippen LogP contribution in [0.15, 0.2) is 6.07 Å². The number of aryl methyl sites for hydroxylation is 1. The van der Waals surface area contributed by atoms with Gasteiger partial charge in [-0.2, -0.15) is 4.98 Å². The van der Waals surface area contributed by atoms with Gasteiger partial charge in [-0.15, -0.1) is 0 Å². The van der Waals surface area contributed by atoms with Gasteiger partial charge in [0, 0.05) is 18.7 Å². The maximum absolute atomic E-state index is 5.40. The molecule has 5 heteroatoms. The molecule has 0 aliphatic heterocycles. The molecule has 0 atom stereocenters. The molecule has 0 unspecified atom stereocenters. The zero-order valence-corrected chi connectivity index (χ0v) is 12.7. The summed E-state index contributed by atoms with van der Waals surface area (Å²) in [6.45, 7) is 10.8. The van der Waals surface area contributed by atoms with Gasteiger partial charge in [0.05, 0.1) is 6.61 Å². The lowest BCUT2D eigenvalue weighted by molar-refractivity contribution is 0.273. The van der Waals surface area contributed by atoms with Gasteiger partial charge in [-0.25, -0.2) is 4.98 Å². The van der Waals surface area contributed by atoms with E-state index in [0.29, 0.717) is 18.5 Å². The molecule has 0 aliphatic rings. The monoisotopic (exact) mass is 266 g/mol. The topological polar surface area (TPSA) is 50.3 Å². The Bertz CT molecular complexity index is 382. The standard InChI is InChI=1S/C14H26N4O/c1-6-19-14-10-13(16-12(4)17-14)15-8-7-9-18(5)11(2)3/h10-11H,6-9H2,1-5H3,(H,15,16,17). The lowest BCUT2D eigenvalue weighted by Crippen LogP contribution is -2.28. The maximum Gasteiger partial charge on any atom is 0.218 e. The first-order valence-corrected chi connectivity index (χ1v) is 6.95. The second-order valence-electron chi connectivity index (χ2n) is 4.93. The Balaban J connectivity index is 2.40. The molecule has 1 heterocycles. The van der Waals surface area contributed by atoms with Gasteiger partial charge in [-0.1, -0.05) is 0 Å². The van der Waals surface area contributed by atoms with Gasteiger partial charge in [-0.05, 0) is 47.7 Å². The van der Waals surface area contributed by atoms with Gasteiger partial charge in [0.15, 0.2) is 0 Å². The Labute approximate surface area is 116 Å². The summed E-state index contributed by atoms with van der Waals surface area (Å²) in [7, 11) is 2.15. The third-order valence-corrected chi connectivity index (χ3v) is 2.98. The van der Waals surface area contributed by atoms with Crippen molar-refractivity contribution in [3.63, 3.8) is 0 Å². The van der Waals surface area contributed by atoms with Crippen molar-refractivity contribution in [3.05, 3.63) is 11.9 Å². The molecule has 1 aromatic rings. The normalized spacial score (nSPS) is 11.1. The molecule has 0 saturated heterocycles. The van der Waals surface area contributed by atoms with Crippen LogP contribution >= 0.6 is 0 Å². The van der Waals surface area contributed by atoms with E-state index in [-0.39, 0.29) is 0 Å². The van der Waals surface area contributed by atoms with Crippen LogP contribution in [0.3, 0.4) is 0 Å². The lowest BCUT2D eigenvalue weighted by atomic mass is 10.3. The summed E-state index contributed by atoms with van der Waals surface area (Å²) in [6, 6.07) is 2.44. The van der Waals surface area contributed by atoms with Crippen molar-refractivity contribution in [1.29, 1.82) is 0 Å². The molecule has 5 nitrogen and oxygen atoms in total. The van der Waals surface area contributed by atoms with Crippen molar-refractivity contribution in [1.82, 2.24) is 14.9 Å². The molecule has 0 amide bonds. The molecule has 1 N–H and O–H groups in total. The first-order valence-electron chi connectivity index (χ1n) is 6.95. The van der Waals surface area contributed by atoms with Crippen LogP contribution in [0, 0.1) is 6.92 Å². The predicted molar refractivity (Wildman–Crippen MR) is 78.8 cm³/mol. The van der Waals surface area contributed by atoms with Gasteiger partial charge < -0.3 is 15.0 Å². The smallest absolute Gasteiger partial charge is 0.218 e. The fraction of sp³-hybridized carbons (Fsp3) is 0.714. The molecule has 0 fully saturated rings. The van der Waals surface area contributed by atoms with Crippen molar-refractivity contribution in [3.8, 4) is 5.88 Å². The van der Waals surface area contributed by atoms with Gasteiger partial charge in [0.1, 0.15) is 11.6 Å². The number of hydrogen-bond acceptors (Lipinski definition) is 5. The highest BCUT2D eigenvalue weighted by atomic mass is 16.5. The minimum Gasteiger partial charge on any atom is -0.478 e. The van der Waals surface area contributed by atoms with Crippen molar-refractivity contribution >= 4 is 5.82 Å². The third kappa shape index (κ3) is 5.87. The van der Waals surface area contributed by atoms with E-state index in [4.69, 9.17) is 4.74 Å². The minimum absolute atomic E-state index is 0.589. The second-order valence-corrected chi connectivity index (χ2v) is 4.93. The van der Waals surface area contributed by atoms with E-state index in [1.54, 1.807) is 0 Å². The molecule has 0 radical (unpaired) electrons. The summed E-state index contributed by atoms with van der Waals surface area (Å²) >= 11 is 0. The molecule has 0 aliphatic carbocycles. The first-order chi connectivity index (χ1) is 9.02. The Morgan fingerprint density at radius 2 is 2.11 bits per heavy atom. The summed E-state index contributed by atoms with van der Waals surface area (Å²) in [5.74, 6) is 2.20. The zero-order valence-electron chi connectivity index (χ0n) is 12.7. The summed E-state index contributed by atoms with van der Waals surface area (Å²) in [5, 5.41) is 3.32. The maximum atomic E-state index is 5.40. The predicted octanol–water partition coefficient (Wildman–Crippen LogP) is 2.33. The van der Waals surface area contributed by atoms with Crippen LogP contribution < -0.4 is 10.1 Å². The Morgan fingerprint density at radius 3 is 2.74 bits per heavy atom. The van der Waals surface area contributed by atoms with Crippen molar-refractivity contribution < 1.29 is 4.74 Å². The Kier molecular flexibility index (Phi) is 6.56. The van der Waals surface area contributed by atoms with Crippen LogP contribution in [0.1, 0.15) is 33.0 Å². The van der Waals surface area contributed by atoms with Crippen LogP contribution in [0.5, 0.6) is 5.88 Å². The third-order valence-electron chi connectivity index (χ3n) is 2.98. The van der Waals surface area contributed by atoms with Crippen LogP contribution in [0.2, 0.25) is 0 Å². The van der Waals surface area contributed by atoms with Gasteiger partial charge in [0.2, 0.25) is 5.88 Å². The number of hydrogen-bond donors (Lipinski definition) is 1. The van der Waals surface area contributed by atoms with E-state index < -0.39 is 0 Å². The fourth-order valence-electron chi connectivity index (χ4n) is 1.66. The van der Waals surface area contributed by atoms with E-state index in [0.717, 1.165) is 31.2 Å². The van der Waals surface area contributed by atoms with E-state index in [1.165, 1.54) is 0 Å². The van der Waals surface area contributed by atoms with E-state index in [9.17, 15) is 0 Å². The zero-order chi connectivity index (χ0) is 14.3. The Hall–Kier alpha value is -1.36. The molecule has 0 spiro atoms. The number of aromatic nitrogens is 2. The molecule has 1 rings (SSSR count). The molecule has 0 bridgehead atoms. The van der Waals surface area contributed by atoms with Crippen molar-refractivity contribution in [2.24, 2.45) is 0 Å². The van der Waals surface area contributed by atoms with Crippen molar-refractivity contribution in [2.45, 2.75) is 40.2 Å². The van der Waals surface area contributed by atoms with Crippen molar-refractivity contribution in [2.75, 3.05) is 32.1 Å². The summed E-state index contributed by atoms with van der Waals surface area (Å²) in [4.78, 5) is 10.9. The molecule has 1 aromatic heterocycles. The number of anilines is 1. The number of nitrogens with zero attached hydrogens (tertiary/aromatic N) is 3. The molecular formula is C14H26N4O. The highest BCUT2D eigenvalue weighted by molar-refractivity contribution is 5.38. The van der Waals surface area contributed by atoms with E-state index in [1.807, 2.05) is 19.9 Å². The quantitative estimate of drug-likeness (QED) is 0.732. The number of rotatable bonds is 8. The van der Waals surface area contributed by atoms with Gasteiger partial charge in [-0.3, -0.25) is 0 Å². The van der Waals surface area contributed by atoms with Crippen LogP contribution in [-0.4, -0.2) is 47.7 Å². The molecule has 19 heavy (non-hydrogen) atoms. The molecule has 108 valence electrons. The summed E-state index contributed by atoms with van der Waals surface area (Å²) in [5.41, 5.74) is 0.